The van der Waals surface area contributed by atoms with E-state index in [-0.39, 0.29) is 10.8 Å². The van der Waals surface area contributed by atoms with Crippen LogP contribution in [0, 0.1) is 0 Å². The van der Waals surface area contributed by atoms with E-state index in [2.05, 4.69) is 74.1 Å². The topological polar surface area (TPSA) is 94.3 Å². The molecular weight excluding hydrogens is 576 g/mol. The summed E-state index contributed by atoms with van der Waals surface area (Å²) in [5.41, 5.74) is 11.1. The Morgan fingerprint density at radius 3 is 1.24 bits per heavy atom. The zero-order chi connectivity index (χ0) is 32.9. The molecule has 0 saturated heterocycles. The van der Waals surface area contributed by atoms with Crippen LogP contribution in [0.1, 0.15) is 99.1 Å². The number of nitrogens with zero attached hydrogens (tertiary/aromatic N) is 2. The van der Waals surface area contributed by atoms with Gasteiger partial charge in [0.15, 0.2) is 0 Å². The van der Waals surface area contributed by atoms with E-state index in [4.69, 9.17) is 28.9 Å². The molecule has 8 nitrogen and oxygen atoms in total. The second kappa shape index (κ2) is 14.8. The molecule has 0 aliphatic carbocycles. The van der Waals surface area contributed by atoms with E-state index in [1.165, 1.54) is 11.1 Å². The lowest BCUT2D eigenvalue weighted by Crippen LogP contribution is -2.15. The fraction of sp³-hybridized carbons (Fsp3) is 0.579. The number of H-pyrrole nitrogens is 2. The monoisotopic (exact) mass is 630 g/mol. The Bertz CT molecular complexity index is 1500. The van der Waals surface area contributed by atoms with Crippen LogP contribution in [0.25, 0.3) is 22.1 Å². The molecule has 0 unspecified atom stereocenters. The van der Waals surface area contributed by atoms with Gasteiger partial charge in [-0.15, -0.1) is 0 Å². The van der Waals surface area contributed by atoms with Crippen LogP contribution >= 0.6 is 0 Å². The first-order chi connectivity index (χ1) is 22.1. The maximum atomic E-state index is 5.52. The fourth-order valence-electron chi connectivity index (χ4n) is 7.07. The van der Waals surface area contributed by atoms with Crippen molar-refractivity contribution in [3.63, 3.8) is 0 Å². The van der Waals surface area contributed by atoms with E-state index < -0.39 is 0 Å². The summed E-state index contributed by atoms with van der Waals surface area (Å²) in [7, 11) is 7.09. The Balaban J connectivity index is 1.78. The molecule has 0 saturated carbocycles. The second-order valence-corrected chi connectivity index (χ2v) is 14.4. The lowest BCUT2D eigenvalue weighted by molar-refractivity contribution is 0.163. The molecule has 250 valence electrons. The number of aromatic amines is 2. The molecule has 0 spiro atoms. The quantitative estimate of drug-likeness (QED) is 0.190. The van der Waals surface area contributed by atoms with Crippen LogP contribution in [0.5, 0.6) is 0 Å². The largest absolute Gasteiger partial charge is 0.385 e. The molecule has 0 aromatic carbocycles. The van der Waals surface area contributed by atoms with Crippen LogP contribution in [-0.4, -0.2) is 74.8 Å². The SMILES string of the molecule is COCCC(CCOC)c1cc2cc3nc(cc4[nH]c(cc5nc(cc1[nH]2)C(C)(C)C5)cc4C(CCOC)CCOC)C(C)(C)C3. The lowest BCUT2D eigenvalue weighted by atomic mass is 9.86. The third-order valence-electron chi connectivity index (χ3n) is 9.73. The van der Waals surface area contributed by atoms with Gasteiger partial charge in [0.2, 0.25) is 0 Å². The molecule has 2 aliphatic heterocycles. The van der Waals surface area contributed by atoms with Crippen LogP contribution in [-0.2, 0) is 42.6 Å². The van der Waals surface area contributed by atoms with Crippen LogP contribution < -0.4 is 0 Å². The molecule has 2 N–H and O–H groups in total. The summed E-state index contributed by atoms with van der Waals surface area (Å²) in [6.07, 6.45) is 5.43. The van der Waals surface area contributed by atoms with Gasteiger partial charge < -0.3 is 28.9 Å². The van der Waals surface area contributed by atoms with Crippen LogP contribution in [0.2, 0.25) is 0 Å². The lowest BCUT2D eigenvalue weighted by Gasteiger charge is -2.17. The predicted molar refractivity (Wildman–Crippen MR) is 186 cm³/mol. The van der Waals surface area contributed by atoms with Gasteiger partial charge in [-0.05, 0) is 85.0 Å². The van der Waals surface area contributed by atoms with E-state index in [0.717, 1.165) is 83.4 Å². The Hall–Kier alpha value is -3.04. The zero-order valence-electron chi connectivity index (χ0n) is 29.2. The van der Waals surface area contributed by atoms with Crippen molar-refractivity contribution < 1.29 is 18.9 Å². The Kier molecular flexibility index (Phi) is 11.0. The first-order valence-electron chi connectivity index (χ1n) is 16.8. The Labute approximate surface area is 274 Å². The zero-order valence-corrected chi connectivity index (χ0v) is 29.2. The van der Waals surface area contributed by atoms with E-state index in [1.807, 2.05) is 0 Å². The van der Waals surface area contributed by atoms with Gasteiger partial charge in [-0.2, -0.15) is 0 Å². The van der Waals surface area contributed by atoms with E-state index >= 15 is 0 Å². The highest BCUT2D eigenvalue weighted by Crippen LogP contribution is 2.37. The second-order valence-electron chi connectivity index (χ2n) is 14.4. The van der Waals surface area contributed by atoms with Crippen LogP contribution in [0.3, 0.4) is 0 Å². The van der Waals surface area contributed by atoms with Crippen molar-refractivity contribution in [1.82, 2.24) is 19.9 Å². The molecule has 3 aromatic rings. The number of fused-ring (bicyclic) bond motifs is 8. The Morgan fingerprint density at radius 2 is 0.913 bits per heavy atom. The van der Waals surface area contributed by atoms with Crippen molar-refractivity contribution in [2.24, 2.45) is 0 Å². The smallest absolute Gasteiger partial charge is 0.0487 e. The molecule has 8 heteroatoms. The average molecular weight is 631 g/mol. The van der Waals surface area contributed by atoms with Crippen molar-refractivity contribution >= 4 is 22.1 Å². The molecule has 0 fully saturated rings. The number of hydrogen-bond acceptors (Lipinski definition) is 6. The minimum atomic E-state index is -0.104. The molecule has 46 heavy (non-hydrogen) atoms. The maximum absolute atomic E-state index is 5.52. The van der Waals surface area contributed by atoms with Gasteiger partial charge in [0.1, 0.15) is 0 Å². The summed E-state index contributed by atoms with van der Waals surface area (Å²) in [5, 5.41) is 0. The van der Waals surface area contributed by atoms with Crippen molar-refractivity contribution in [2.75, 3.05) is 54.9 Å². The summed E-state index contributed by atoms with van der Waals surface area (Å²) in [6, 6.07) is 13.6. The molecule has 5 heterocycles. The van der Waals surface area contributed by atoms with E-state index in [1.54, 1.807) is 28.4 Å². The third kappa shape index (κ3) is 7.91. The van der Waals surface area contributed by atoms with E-state index in [0.29, 0.717) is 38.3 Å². The minimum Gasteiger partial charge on any atom is -0.385 e. The fourth-order valence-corrected chi connectivity index (χ4v) is 7.07. The van der Waals surface area contributed by atoms with Crippen molar-refractivity contribution in [2.45, 2.75) is 88.9 Å². The highest BCUT2D eigenvalue weighted by Gasteiger charge is 2.31. The van der Waals surface area contributed by atoms with Gasteiger partial charge in [-0.1, -0.05) is 27.7 Å². The van der Waals surface area contributed by atoms with Crippen LogP contribution in [0.15, 0.2) is 36.4 Å². The highest BCUT2D eigenvalue weighted by atomic mass is 16.5. The summed E-state index contributed by atoms with van der Waals surface area (Å²) >= 11 is 0. The third-order valence-corrected chi connectivity index (χ3v) is 9.73. The van der Waals surface area contributed by atoms with Gasteiger partial charge in [0, 0.05) is 123 Å². The Morgan fingerprint density at radius 1 is 0.565 bits per heavy atom. The molecule has 0 atom stereocenters. The summed E-state index contributed by atoms with van der Waals surface area (Å²) in [4.78, 5) is 18.0. The number of aromatic nitrogens is 4. The molecular formula is C38H54N4O4. The van der Waals surface area contributed by atoms with Crippen molar-refractivity contribution in [3.05, 3.63) is 70.3 Å². The van der Waals surface area contributed by atoms with Gasteiger partial charge in [-0.25, -0.2) is 0 Å². The standard InChI is InChI=1S/C38H54N4O4/c1-37(2)23-29-17-27-19-32(26(11-15-45-7)12-16-46-8)34(40-27)22-36-38(3,4)24-30(42-36)18-28-20-31(33(39-28)21-35(37)41-29)25(9-13-43-5)10-14-44-6/h17-22,25-26,39-40H,9-16,23-24H2,1-8H3. The average Bonchev–Trinajstić information content (AvgIpc) is 3.73. The van der Waals surface area contributed by atoms with Crippen molar-refractivity contribution in [3.8, 4) is 0 Å². The molecule has 5 rings (SSSR count). The molecule has 3 aromatic heterocycles. The molecule has 0 amide bonds. The first-order valence-corrected chi connectivity index (χ1v) is 16.8. The molecule has 8 bridgehead atoms. The first kappa shape index (κ1) is 34.3. The van der Waals surface area contributed by atoms with Gasteiger partial charge in [0.25, 0.3) is 0 Å². The maximum Gasteiger partial charge on any atom is 0.0487 e. The number of methoxy groups -OCH3 is 4. The number of ether oxygens (including phenoxy) is 4. The van der Waals surface area contributed by atoms with Gasteiger partial charge in [-0.3, -0.25) is 9.97 Å². The summed E-state index contributed by atoms with van der Waals surface area (Å²) in [5.74, 6) is 0.590. The summed E-state index contributed by atoms with van der Waals surface area (Å²) < 4.78 is 22.1. The predicted octanol–water partition coefficient (Wildman–Crippen LogP) is 7.67. The number of nitrogens with one attached hydrogen (secondary N) is 2. The van der Waals surface area contributed by atoms with Crippen molar-refractivity contribution in [1.29, 1.82) is 0 Å². The minimum absolute atomic E-state index is 0.104. The number of rotatable bonds is 14. The van der Waals surface area contributed by atoms with Gasteiger partial charge in [0.05, 0.1) is 0 Å². The van der Waals surface area contributed by atoms with Crippen LogP contribution in [0.4, 0.5) is 0 Å². The molecule has 0 radical (unpaired) electrons. The highest BCUT2D eigenvalue weighted by molar-refractivity contribution is 5.69. The number of hydrogen-bond donors (Lipinski definition) is 2. The summed E-state index contributed by atoms with van der Waals surface area (Å²) in [6.45, 7) is 12.0. The molecule has 2 aliphatic rings. The normalized spacial score (nSPS) is 15.7. The van der Waals surface area contributed by atoms with Gasteiger partial charge >= 0.3 is 0 Å². The van der Waals surface area contributed by atoms with E-state index in [9.17, 15) is 0 Å².